The Hall–Kier alpha value is -3.24. The number of ether oxygens (including phenoxy) is 2. The second kappa shape index (κ2) is 10.8. The van der Waals surface area contributed by atoms with Crippen molar-refractivity contribution < 1.29 is 23.5 Å². The molecule has 4 N–H and O–H groups in total. The summed E-state index contributed by atoms with van der Waals surface area (Å²) >= 11 is 0. The van der Waals surface area contributed by atoms with Crippen LogP contribution in [0.3, 0.4) is 0 Å². The van der Waals surface area contributed by atoms with E-state index in [-0.39, 0.29) is 18.3 Å². The Morgan fingerprint density at radius 1 is 1.29 bits per heavy atom. The van der Waals surface area contributed by atoms with E-state index in [0.29, 0.717) is 48.6 Å². The molecule has 1 atom stereocenters. The molecule has 184 valence electrons. The Balaban J connectivity index is 2.01. The number of primary amides is 1. The van der Waals surface area contributed by atoms with Crippen molar-refractivity contribution in [3.63, 3.8) is 0 Å². The molecule has 0 bridgehead atoms. The van der Waals surface area contributed by atoms with Crippen LogP contribution >= 0.6 is 0 Å². The molecular weight excluding hydrogens is 441 g/mol. The van der Waals surface area contributed by atoms with E-state index in [1.54, 1.807) is 39.1 Å². The highest BCUT2D eigenvalue weighted by molar-refractivity contribution is 5.86. The minimum Gasteiger partial charge on any atom is -0.444 e. The molecule has 2 heterocycles. The van der Waals surface area contributed by atoms with Gasteiger partial charge in [0.1, 0.15) is 5.60 Å². The van der Waals surface area contributed by atoms with Crippen LogP contribution in [-0.2, 0) is 22.6 Å². The van der Waals surface area contributed by atoms with Crippen molar-refractivity contribution in [1.29, 1.82) is 0 Å². The van der Waals surface area contributed by atoms with Gasteiger partial charge in [-0.2, -0.15) is 0 Å². The lowest BCUT2D eigenvalue weighted by Gasteiger charge is -2.32. The quantitative estimate of drug-likeness (QED) is 0.590. The highest BCUT2D eigenvalue weighted by atomic mass is 19.1. The van der Waals surface area contributed by atoms with Gasteiger partial charge in [0.15, 0.2) is 5.82 Å². The van der Waals surface area contributed by atoms with Crippen LogP contribution < -0.4 is 16.4 Å². The van der Waals surface area contributed by atoms with E-state index < -0.39 is 23.5 Å². The number of rotatable bonds is 6. The Kier molecular flexibility index (Phi) is 8.06. The fourth-order valence-corrected chi connectivity index (χ4v) is 3.79. The molecule has 10 heteroatoms. The van der Waals surface area contributed by atoms with Crippen LogP contribution in [0.25, 0.3) is 11.1 Å². The predicted molar refractivity (Wildman–Crippen MR) is 127 cm³/mol. The maximum Gasteiger partial charge on any atom is 0.412 e. The normalized spacial score (nSPS) is 16.7. The van der Waals surface area contributed by atoms with Crippen molar-refractivity contribution in [2.75, 3.05) is 25.0 Å². The molecule has 1 fully saturated rings. The van der Waals surface area contributed by atoms with Gasteiger partial charge in [-0.1, -0.05) is 12.1 Å². The fourth-order valence-electron chi connectivity index (χ4n) is 3.79. The minimum atomic E-state index is -0.738. The molecule has 0 spiro atoms. The lowest BCUT2D eigenvalue weighted by atomic mass is 9.96. The Labute approximate surface area is 198 Å². The van der Waals surface area contributed by atoms with E-state index in [4.69, 9.17) is 15.2 Å². The van der Waals surface area contributed by atoms with Gasteiger partial charge in [-0.15, -0.1) is 0 Å². The van der Waals surface area contributed by atoms with Gasteiger partial charge in [0.2, 0.25) is 0 Å². The number of nitrogens with zero attached hydrogens (tertiary/aromatic N) is 2. The number of morpholine rings is 1. The van der Waals surface area contributed by atoms with Crippen molar-refractivity contribution in [3.05, 3.63) is 47.5 Å². The molecule has 0 aliphatic carbocycles. The van der Waals surface area contributed by atoms with E-state index in [1.165, 1.54) is 6.07 Å². The summed E-state index contributed by atoms with van der Waals surface area (Å²) in [4.78, 5) is 30.0. The maximum absolute atomic E-state index is 15.9. The lowest BCUT2D eigenvalue weighted by Crippen LogP contribution is -2.40. The number of amides is 3. The average molecular weight is 474 g/mol. The number of nitrogens with two attached hydrogens (primary N) is 1. The highest BCUT2D eigenvalue weighted by Gasteiger charge is 2.24. The number of nitrogens with one attached hydrogen (secondary N) is 2. The van der Waals surface area contributed by atoms with Crippen molar-refractivity contribution in [3.8, 4) is 11.1 Å². The predicted octanol–water partition coefficient (Wildman–Crippen LogP) is 3.62. The van der Waals surface area contributed by atoms with Crippen molar-refractivity contribution in [1.82, 2.24) is 15.2 Å². The van der Waals surface area contributed by atoms with Gasteiger partial charge in [-0.25, -0.2) is 14.0 Å². The molecular formula is C24H32FN5O4. The zero-order valence-electron chi connectivity index (χ0n) is 20.0. The summed E-state index contributed by atoms with van der Waals surface area (Å²) < 4.78 is 26.8. The summed E-state index contributed by atoms with van der Waals surface area (Å²) in [6.45, 7) is 9.42. The first-order valence-corrected chi connectivity index (χ1v) is 11.2. The van der Waals surface area contributed by atoms with Gasteiger partial charge >= 0.3 is 12.1 Å². The number of carbonyl (C=O) groups excluding carboxylic acids is 2. The maximum atomic E-state index is 15.9. The van der Waals surface area contributed by atoms with Crippen LogP contribution in [-0.4, -0.2) is 53.4 Å². The van der Waals surface area contributed by atoms with Gasteiger partial charge in [0.05, 0.1) is 30.6 Å². The number of benzene rings is 1. The van der Waals surface area contributed by atoms with Crippen LogP contribution in [0.15, 0.2) is 30.5 Å². The topological polar surface area (TPSA) is 119 Å². The molecule has 3 rings (SSSR count). The highest BCUT2D eigenvalue weighted by Crippen LogP contribution is 2.33. The van der Waals surface area contributed by atoms with Crippen LogP contribution in [0.2, 0.25) is 0 Å². The van der Waals surface area contributed by atoms with Crippen molar-refractivity contribution >= 4 is 17.8 Å². The number of anilines is 1. The molecule has 34 heavy (non-hydrogen) atoms. The SMILES string of the molecule is C[C@H]1CN(Cc2c(-c3cccnc3CNC(N)=O)ccc(NC(=O)OC(C)(C)C)c2F)CCO1. The Morgan fingerprint density at radius 3 is 2.74 bits per heavy atom. The smallest absolute Gasteiger partial charge is 0.412 e. The number of carbonyl (C=O) groups is 2. The van der Waals surface area contributed by atoms with Crippen molar-refractivity contribution in [2.24, 2.45) is 5.73 Å². The summed E-state index contributed by atoms with van der Waals surface area (Å²) in [7, 11) is 0. The van der Waals surface area contributed by atoms with E-state index in [1.807, 2.05) is 13.0 Å². The van der Waals surface area contributed by atoms with Gasteiger partial charge in [0.25, 0.3) is 0 Å². The summed E-state index contributed by atoms with van der Waals surface area (Å²) in [6, 6.07) is 6.11. The van der Waals surface area contributed by atoms with Crippen LogP contribution in [0.1, 0.15) is 39.0 Å². The van der Waals surface area contributed by atoms with Gasteiger partial charge < -0.3 is 20.5 Å². The first kappa shape index (κ1) is 25.4. The summed E-state index contributed by atoms with van der Waals surface area (Å²) in [5.41, 5.74) is 6.75. The second-order valence-electron chi connectivity index (χ2n) is 9.21. The van der Waals surface area contributed by atoms with Crippen LogP contribution in [0, 0.1) is 5.82 Å². The number of aromatic nitrogens is 1. The van der Waals surface area contributed by atoms with Crippen LogP contribution in [0.5, 0.6) is 0 Å². The standard InChI is InChI=1S/C24H32FN5O4/c1-15-13-30(10-11-33-15)14-18-16(17-6-5-9-27-20(17)12-28-22(26)31)7-8-19(21(18)25)29-23(32)34-24(2,3)4/h5-9,15H,10-14H2,1-4H3,(H,29,32)(H3,26,28,31)/t15-/m0/s1. The monoisotopic (exact) mass is 473 g/mol. The molecule has 0 radical (unpaired) electrons. The van der Waals surface area contributed by atoms with E-state index >= 15 is 4.39 Å². The third kappa shape index (κ3) is 6.88. The zero-order chi connectivity index (χ0) is 24.9. The number of hydrogen-bond donors (Lipinski definition) is 3. The van der Waals surface area contributed by atoms with Crippen LogP contribution in [0.4, 0.5) is 19.7 Å². The Bertz CT molecular complexity index is 1040. The van der Waals surface area contributed by atoms with Gasteiger partial charge in [-0.3, -0.25) is 15.2 Å². The largest absolute Gasteiger partial charge is 0.444 e. The van der Waals surface area contributed by atoms with Crippen molar-refractivity contribution in [2.45, 2.75) is 52.5 Å². The van der Waals surface area contributed by atoms with E-state index in [2.05, 4.69) is 20.5 Å². The van der Waals surface area contributed by atoms with Gasteiger partial charge in [0, 0.05) is 37.0 Å². The molecule has 3 amide bonds. The molecule has 0 saturated carbocycles. The number of pyridine rings is 1. The number of urea groups is 1. The summed E-state index contributed by atoms with van der Waals surface area (Å²) in [5, 5.41) is 5.05. The second-order valence-corrected chi connectivity index (χ2v) is 9.21. The third-order valence-corrected chi connectivity index (χ3v) is 5.20. The van der Waals surface area contributed by atoms with E-state index in [9.17, 15) is 9.59 Å². The van der Waals surface area contributed by atoms with E-state index in [0.717, 1.165) is 0 Å². The molecule has 1 aliphatic heterocycles. The minimum absolute atomic E-state index is 0.0232. The third-order valence-electron chi connectivity index (χ3n) is 5.20. The zero-order valence-corrected chi connectivity index (χ0v) is 20.0. The molecule has 1 aliphatic rings. The molecule has 1 aromatic carbocycles. The molecule has 0 unspecified atom stereocenters. The number of halogens is 1. The fraction of sp³-hybridized carbons (Fsp3) is 0.458. The molecule has 2 aromatic rings. The number of hydrogen-bond acceptors (Lipinski definition) is 6. The summed E-state index contributed by atoms with van der Waals surface area (Å²) in [5.74, 6) is -0.555. The molecule has 9 nitrogen and oxygen atoms in total. The summed E-state index contributed by atoms with van der Waals surface area (Å²) in [6.07, 6.45) is 0.884. The molecule has 1 aromatic heterocycles. The molecule has 1 saturated heterocycles. The Morgan fingerprint density at radius 2 is 2.06 bits per heavy atom. The lowest BCUT2D eigenvalue weighted by molar-refractivity contribution is -0.0214. The first-order valence-electron chi connectivity index (χ1n) is 11.2. The average Bonchev–Trinajstić information content (AvgIpc) is 2.74. The van der Waals surface area contributed by atoms with Gasteiger partial charge in [-0.05, 0) is 45.4 Å². The first-order chi connectivity index (χ1) is 16.0.